The molecular formula is C20H31NO5. The van der Waals surface area contributed by atoms with Crippen LogP contribution < -0.4 is 4.74 Å². The van der Waals surface area contributed by atoms with Crippen molar-refractivity contribution >= 4 is 11.9 Å². The summed E-state index contributed by atoms with van der Waals surface area (Å²) in [5, 5.41) is 0. The second-order valence-electron chi connectivity index (χ2n) is 6.00. The minimum absolute atomic E-state index is 0.0524. The maximum Gasteiger partial charge on any atom is 0.307 e. The van der Waals surface area contributed by atoms with Gasteiger partial charge >= 0.3 is 5.97 Å². The molecule has 0 aromatic heterocycles. The number of hydrogen-bond acceptors (Lipinski definition) is 5. The van der Waals surface area contributed by atoms with Gasteiger partial charge in [-0.3, -0.25) is 9.59 Å². The molecule has 1 amide bonds. The van der Waals surface area contributed by atoms with Crippen LogP contribution in [0.15, 0.2) is 18.2 Å². The molecule has 0 aliphatic rings. The molecule has 0 fully saturated rings. The van der Waals surface area contributed by atoms with Crippen LogP contribution in [0.4, 0.5) is 0 Å². The van der Waals surface area contributed by atoms with E-state index in [2.05, 4.69) is 0 Å². The summed E-state index contributed by atoms with van der Waals surface area (Å²) in [7, 11) is 0. The third kappa shape index (κ3) is 7.87. The number of carbonyl (C=O) groups excluding carboxylic acids is 2. The Hall–Kier alpha value is -2.08. The van der Waals surface area contributed by atoms with Crippen molar-refractivity contribution in [2.24, 2.45) is 0 Å². The molecule has 0 heterocycles. The molecule has 26 heavy (non-hydrogen) atoms. The normalized spacial score (nSPS) is 10.5. The van der Waals surface area contributed by atoms with Crippen molar-refractivity contribution in [1.29, 1.82) is 0 Å². The fourth-order valence-electron chi connectivity index (χ4n) is 2.57. The van der Waals surface area contributed by atoms with E-state index in [4.69, 9.17) is 14.2 Å². The van der Waals surface area contributed by atoms with E-state index < -0.39 is 0 Å². The van der Waals surface area contributed by atoms with Crippen LogP contribution in [-0.2, 0) is 19.1 Å². The second-order valence-corrected chi connectivity index (χ2v) is 6.00. The largest absolute Gasteiger partial charge is 0.483 e. The van der Waals surface area contributed by atoms with Gasteiger partial charge in [0.1, 0.15) is 5.75 Å². The third-order valence-corrected chi connectivity index (χ3v) is 3.91. The Morgan fingerprint density at radius 1 is 1.04 bits per heavy atom. The van der Waals surface area contributed by atoms with Crippen molar-refractivity contribution in [3.8, 4) is 5.75 Å². The lowest BCUT2D eigenvalue weighted by Gasteiger charge is -2.23. The molecule has 0 N–H and O–H groups in total. The zero-order valence-corrected chi connectivity index (χ0v) is 16.4. The number of carbonyl (C=O) groups is 2. The lowest BCUT2D eigenvalue weighted by molar-refractivity contribution is -0.144. The van der Waals surface area contributed by atoms with E-state index in [0.29, 0.717) is 39.3 Å². The molecule has 0 aliphatic carbocycles. The number of rotatable bonds is 12. The van der Waals surface area contributed by atoms with Crippen molar-refractivity contribution in [2.45, 2.75) is 40.5 Å². The Kier molecular flexibility index (Phi) is 10.4. The zero-order chi connectivity index (χ0) is 19.4. The second kappa shape index (κ2) is 12.3. The highest BCUT2D eigenvalue weighted by atomic mass is 16.5. The SMILES string of the molecule is CCOCCCN(CCC(=O)OCC)C(=O)COc1c(C)cccc1C. The third-order valence-electron chi connectivity index (χ3n) is 3.91. The van der Waals surface area contributed by atoms with Gasteiger partial charge < -0.3 is 19.1 Å². The van der Waals surface area contributed by atoms with Crippen molar-refractivity contribution < 1.29 is 23.8 Å². The van der Waals surface area contributed by atoms with E-state index in [-0.39, 0.29) is 24.9 Å². The Morgan fingerprint density at radius 3 is 2.35 bits per heavy atom. The van der Waals surface area contributed by atoms with Gasteiger partial charge in [0.05, 0.1) is 13.0 Å². The number of ether oxygens (including phenoxy) is 3. The summed E-state index contributed by atoms with van der Waals surface area (Å²) in [6.45, 7) is 9.96. The molecule has 0 atom stereocenters. The lowest BCUT2D eigenvalue weighted by Crippen LogP contribution is -2.38. The van der Waals surface area contributed by atoms with E-state index in [1.54, 1.807) is 11.8 Å². The van der Waals surface area contributed by atoms with Crippen LogP contribution in [0.3, 0.4) is 0 Å². The summed E-state index contributed by atoms with van der Waals surface area (Å²) in [4.78, 5) is 25.8. The quantitative estimate of drug-likeness (QED) is 0.421. The van der Waals surface area contributed by atoms with E-state index in [9.17, 15) is 9.59 Å². The Balaban J connectivity index is 2.61. The Morgan fingerprint density at radius 2 is 1.73 bits per heavy atom. The molecule has 6 nitrogen and oxygen atoms in total. The number of hydrogen-bond donors (Lipinski definition) is 0. The summed E-state index contributed by atoms with van der Waals surface area (Å²) in [6.07, 6.45) is 0.892. The fourth-order valence-corrected chi connectivity index (χ4v) is 2.57. The number of aryl methyl sites for hydroxylation is 2. The molecule has 0 saturated heterocycles. The van der Waals surface area contributed by atoms with Gasteiger partial charge in [-0.1, -0.05) is 18.2 Å². The van der Waals surface area contributed by atoms with Gasteiger partial charge in [0.15, 0.2) is 6.61 Å². The van der Waals surface area contributed by atoms with Crippen LogP contribution in [0.2, 0.25) is 0 Å². The molecular weight excluding hydrogens is 334 g/mol. The average Bonchev–Trinajstić information content (AvgIpc) is 2.60. The number of esters is 1. The zero-order valence-electron chi connectivity index (χ0n) is 16.4. The molecule has 1 rings (SSSR count). The molecule has 0 radical (unpaired) electrons. The number of para-hydroxylation sites is 1. The van der Waals surface area contributed by atoms with Crippen molar-refractivity contribution in [3.05, 3.63) is 29.3 Å². The van der Waals surface area contributed by atoms with Gasteiger partial charge in [0, 0.05) is 26.3 Å². The Labute approximate surface area is 156 Å². The highest BCUT2D eigenvalue weighted by Crippen LogP contribution is 2.22. The van der Waals surface area contributed by atoms with E-state index >= 15 is 0 Å². The summed E-state index contributed by atoms with van der Waals surface area (Å²) in [6, 6.07) is 5.86. The molecule has 0 spiro atoms. The molecule has 0 aliphatic heterocycles. The van der Waals surface area contributed by atoms with Gasteiger partial charge in [-0.15, -0.1) is 0 Å². The first-order valence-electron chi connectivity index (χ1n) is 9.19. The average molecular weight is 365 g/mol. The summed E-state index contributed by atoms with van der Waals surface area (Å²) in [5.41, 5.74) is 1.99. The van der Waals surface area contributed by atoms with Crippen LogP contribution in [0.1, 0.15) is 37.8 Å². The smallest absolute Gasteiger partial charge is 0.307 e. The Bertz CT molecular complexity index is 553. The molecule has 6 heteroatoms. The van der Waals surface area contributed by atoms with E-state index in [1.807, 2.05) is 39.0 Å². The summed E-state index contributed by atoms with van der Waals surface area (Å²) in [5.74, 6) is 0.291. The first-order chi connectivity index (χ1) is 12.5. The first kappa shape index (κ1) is 22.0. The molecule has 0 bridgehead atoms. The monoisotopic (exact) mass is 365 g/mol. The van der Waals surface area contributed by atoms with Crippen molar-refractivity contribution in [2.75, 3.05) is 39.5 Å². The van der Waals surface area contributed by atoms with Gasteiger partial charge in [-0.25, -0.2) is 0 Å². The lowest BCUT2D eigenvalue weighted by atomic mass is 10.1. The first-order valence-corrected chi connectivity index (χ1v) is 9.19. The highest BCUT2D eigenvalue weighted by molar-refractivity contribution is 5.78. The van der Waals surface area contributed by atoms with Crippen molar-refractivity contribution in [3.63, 3.8) is 0 Å². The minimum Gasteiger partial charge on any atom is -0.483 e. The summed E-state index contributed by atoms with van der Waals surface area (Å²) >= 11 is 0. The van der Waals surface area contributed by atoms with Crippen molar-refractivity contribution in [1.82, 2.24) is 4.90 Å². The van der Waals surface area contributed by atoms with Crippen LogP contribution in [0.25, 0.3) is 0 Å². The molecule has 0 saturated carbocycles. The predicted octanol–water partition coefficient (Wildman–Crippen LogP) is 2.89. The molecule has 0 unspecified atom stereocenters. The van der Waals surface area contributed by atoms with Gasteiger partial charge in [0.2, 0.25) is 0 Å². The van der Waals surface area contributed by atoms with Gasteiger partial charge in [0.25, 0.3) is 5.91 Å². The van der Waals surface area contributed by atoms with Crippen LogP contribution in [0.5, 0.6) is 5.75 Å². The van der Waals surface area contributed by atoms with Crippen LogP contribution in [-0.4, -0.2) is 56.3 Å². The van der Waals surface area contributed by atoms with Crippen LogP contribution in [0, 0.1) is 13.8 Å². The topological polar surface area (TPSA) is 65.1 Å². The van der Waals surface area contributed by atoms with E-state index in [0.717, 1.165) is 16.9 Å². The standard InChI is InChI=1S/C20H31NO5/c1-5-24-14-8-12-21(13-11-19(23)25-6-2)18(22)15-26-20-16(3)9-7-10-17(20)4/h7,9-10H,5-6,8,11-15H2,1-4H3. The van der Waals surface area contributed by atoms with Crippen LogP contribution >= 0.6 is 0 Å². The maximum absolute atomic E-state index is 12.6. The minimum atomic E-state index is -0.300. The number of amides is 1. The maximum atomic E-state index is 12.6. The molecule has 1 aromatic carbocycles. The molecule has 1 aromatic rings. The predicted molar refractivity (Wildman–Crippen MR) is 100 cm³/mol. The van der Waals surface area contributed by atoms with E-state index in [1.165, 1.54) is 0 Å². The van der Waals surface area contributed by atoms with Gasteiger partial charge in [-0.2, -0.15) is 0 Å². The highest BCUT2D eigenvalue weighted by Gasteiger charge is 2.17. The van der Waals surface area contributed by atoms with Gasteiger partial charge in [-0.05, 0) is 45.2 Å². The molecule has 146 valence electrons. The summed E-state index contributed by atoms with van der Waals surface area (Å²) < 4.78 is 16.0. The fraction of sp³-hybridized carbons (Fsp3) is 0.600. The number of nitrogens with zero attached hydrogens (tertiary/aromatic N) is 1. The number of benzene rings is 1.